The second kappa shape index (κ2) is 12.7. The number of carbonyl (C=O) groups excluding carboxylic acids is 1. The molecule has 1 N–H and O–H groups in total. The first-order valence-electron chi connectivity index (χ1n) is 17.1. The van der Waals surface area contributed by atoms with Gasteiger partial charge >= 0.3 is 11.5 Å². The van der Waals surface area contributed by atoms with Crippen LogP contribution in [0.25, 0.3) is 10.8 Å². The lowest BCUT2D eigenvalue weighted by atomic mass is 9.49. The summed E-state index contributed by atoms with van der Waals surface area (Å²) in [6.45, 7) is 4.47. The normalized spacial score (nSPS) is 27.5. The smallest absolute Gasteiger partial charge is 0.446 e. The lowest BCUT2D eigenvalue weighted by molar-refractivity contribution is -0.148. The molecule has 8 rings (SSSR count). The highest BCUT2D eigenvalue weighted by atomic mass is 32.2. The molecule has 49 heavy (non-hydrogen) atoms. The van der Waals surface area contributed by atoms with E-state index in [0.717, 1.165) is 57.8 Å². The number of alkyl halides is 3. The first kappa shape index (κ1) is 34.5. The van der Waals surface area contributed by atoms with E-state index < -0.39 is 27.2 Å². The highest BCUT2D eigenvalue weighted by Gasteiger charge is 2.57. The average molecular weight is 719 g/mol. The Kier molecular flexibility index (Phi) is 8.92. The highest BCUT2D eigenvalue weighted by molar-refractivity contribution is 8.00. The van der Waals surface area contributed by atoms with Crippen LogP contribution in [-0.4, -0.2) is 42.8 Å². The number of fused-ring (bicyclic) bond motifs is 1. The Morgan fingerprint density at radius 2 is 1.63 bits per heavy atom. The number of ether oxygens (including phenoxy) is 3. The van der Waals surface area contributed by atoms with Crippen molar-refractivity contribution in [3.63, 3.8) is 0 Å². The fourth-order valence-electron chi connectivity index (χ4n) is 9.45. The number of thioether (sulfide) groups is 1. The van der Waals surface area contributed by atoms with E-state index in [4.69, 9.17) is 14.2 Å². The van der Waals surface area contributed by atoms with Crippen molar-refractivity contribution < 1.29 is 45.1 Å². The van der Waals surface area contributed by atoms with Crippen molar-refractivity contribution in [2.45, 2.75) is 98.6 Å². The molecule has 2 unspecified atom stereocenters. The van der Waals surface area contributed by atoms with Gasteiger partial charge in [-0.3, -0.25) is 4.55 Å². The van der Waals surface area contributed by atoms with Crippen molar-refractivity contribution in [2.75, 3.05) is 6.61 Å². The minimum Gasteiger partial charge on any atom is -0.492 e. The van der Waals surface area contributed by atoms with Crippen molar-refractivity contribution in [1.29, 1.82) is 0 Å². The van der Waals surface area contributed by atoms with Crippen molar-refractivity contribution in [1.82, 2.24) is 0 Å². The zero-order valence-corrected chi connectivity index (χ0v) is 29.1. The van der Waals surface area contributed by atoms with E-state index in [1.165, 1.54) is 24.3 Å². The van der Waals surface area contributed by atoms with E-state index in [9.17, 15) is 30.9 Å². The van der Waals surface area contributed by atoms with E-state index in [-0.39, 0.29) is 62.1 Å². The first-order valence-corrected chi connectivity index (χ1v) is 19.3. The van der Waals surface area contributed by atoms with E-state index in [0.29, 0.717) is 29.0 Å². The standard InChI is InChI=1S/C37H41F3O7S2/c1-22(2)36(13-5-6-14-36)47-30-17-24(9-11-31(30)48-37(38,39)40)34(41)46-33-25-15-23-16-26(33)20-35(18-23,19-25)21-45-29-10-12-32(49(42,43)44)28-8-4-3-7-27(28)29/h3-4,7-12,17,22-23,25-26,33H,5-6,13-16,18-21H2,1-2H3,(H,42,43,44). The van der Waals surface area contributed by atoms with Crippen molar-refractivity contribution in [3.05, 3.63) is 60.2 Å². The van der Waals surface area contributed by atoms with Gasteiger partial charge in [-0.15, -0.1) is 0 Å². The largest absolute Gasteiger partial charge is 0.492 e. The number of esters is 1. The van der Waals surface area contributed by atoms with Gasteiger partial charge in [-0.05, 0) is 124 Å². The Bertz CT molecular complexity index is 1840. The lowest BCUT2D eigenvalue weighted by Gasteiger charge is -2.59. The first-order chi connectivity index (χ1) is 23.1. The van der Waals surface area contributed by atoms with Crippen LogP contribution in [-0.2, 0) is 14.9 Å². The Balaban J connectivity index is 1.08. The number of rotatable bonds is 10. The summed E-state index contributed by atoms with van der Waals surface area (Å²) in [4.78, 5) is 13.4. The third-order valence-corrected chi connectivity index (χ3v) is 13.1. The number of carbonyl (C=O) groups is 1. The van der Waals surface area contributed by atoms with Gasteiger partial charge in [-0.1, -0.05) is 38.1 Å². The van der Waals surface area contributed by atoms with Gasteiger partial charge in [0.1, 0.15) is 28.1 Å². The summed E-state index contributed by atoms with van der Waals surface area (Å²) < 4.78 is 93.2. The van der Waals surface area contributed by atoms with Gasteiger partial charge < -0.3 is 14.2 Å². The molecule has 3 aromatic carbocycles. The topological polar surface area (TPSA) is 99.1 Å². The molecule has 0 aromatic heterocycles. The summed E-state index contributed by atoms with van der Waals surface area (Å²) in [6.07, 6.45) is 7.59. The van der Waals surface area contributed by atoms with Gasteiger partial charge in [0.15, 0.2) is 0 Å². The van der Waals surface area contributed by atoms with Crippen LogP contribution in [0.1, 0.15) is 82.0 Å². The zero-order chi connectivity index (χ0) is 34.8. The summed E-state index contributed by atoms with van der Waals surface area (Å²) >= 11 is -0.226. The summed E-state index contributed by atoms with van der Waals surface area (Å²) in [5.41, 5.74) is -5.01. The van der Waals surface area contributed by atoms with Gasteiger partial charge in [0.25, 0.3) is 10.1 Å². The summed E-state index contributed by atoms with van der Waals surface area (Å²) in [5.74, 6) is 0.911. The second-order valence-corrected chi connectivity index (χ2v) is 17.4. The van der Waals surface area contributed by atoms with Crippen LogP contribution in [0.3, 0.4) is 0 Å². The molecule has 0 spiro atoms. The van der Waals surface area contributed by atoms with Crippen LogP contribution in [0.5, 0.6) is 11.5 Å². The average Bonchev–Trinajstić information content (AvgIpc) is 3.51. The summed E-state index contributed by atoms with van der Waals surface area (Å²) in [7, 11) is -4.41. The maximum atomic E-state index is 13.7. The van der Waals surface area contributed by atoms with Gasteiger partial charge in [0, 0.05) is 16.2 Å². The molecular weight excluding hydrogens is 678 g/mol. The molecule has 4 bridgehead atoms. The van der Waals surface area contributed by atoms with E-state index in [1.54, 1.807) is 30.3 Å². The van der Waals surface area contributed by atoms with Gasteiger partial charge in [-0.2, -0.15) is 21.6 Å². The van der Waals surface area contributed by atoms with E-state index in [2.05, 4.69) is 0 Å². The molecule has 5 aliphatic rings. The van der Waals surface area contributed by atoms with Crippen LogP contribution >= 0.6 is 11.8 Å². The van der Waals surface area contributed by atoms with Crippen molar-refractivity contribution >= 4 is 38.6 Å². The molecule has 0 saturated heterocycles. The molecule has 0 heterocycles. The van der Waals surface area contributed by atoms with E-state index >= 15 is 0 Å². The quantitative estimate of drug-likeness (QED) is 0.126. The molecule has 5 saturated carbocycles. The molecule has 12 heteroatoms. The van der Waals surface area contributed by atoms with Crippen molar-refractivity contribution in [3.8, 4) is 11.5 Å². The third-order valence-electron chi connectivity index (χ3n) is 11.4. The van der Waals surface area contributed by atoms with Crippen LogP contribution in [0.4, 0.5) is 13.2 Å². The number of hydrogen-bond donors (Lipinski definition) is 1. The SMILES string of the molecule is CC(C)C1(Oc2cc(C(=O)OC3C4CC5CC3CC(COc3ccc(S(=O)(=O)O)c6ccccc36)(C5)C4)ccc2SC(F)(F)F)CCCC1. The molecular formula is C37H41F3O7S2. The number of hydrogen-bond acceptors (Lipinski definition) is 7. The fraction of sp³-hybridized carbons (Fsp3) is 0.541. The molecule has 2 atom stereocenters. The second-order valence-electron chi connectivity index (χ2n) is 14.9. The fourth-order valence-corrected chi connectivity index (χ4v) is 10.7. The van der Waals surface area contributed by atoms with Gasteiger partial charge in [0.05, 0.1) is 17.1 Å². The summed E-state index contributed by atoms with van der Waals surface area (Å²) in [6, 6.07) is 14.0. The van der Waals surface area contributed by atoms with Gasteiger partial charge in [-0.25, -0.2) is 4.79 Å². The molecule has 5 aliphatic carbocycles. The molecule has 3 aromatic rings. The Labute approximate surface area is 289 Å². The van der Waals surface area contributed by atoms with Crippen LogP contribution in [0, 0.1) is 29.1 Å². The minimum atomic E-state index is -4.50. The molecule has 7 nitrogen and oxygen atoms in total. The van der Waals surface area contributed by atoms with E-state index in [1.807, 2.05) is 13.8 Å². The molecule has 5 fully saturated rings. The van der Waals surface area contributed by atoms with Crippen LogP contribution in [0.15, 0.2) is 64.4 Å². The summed E-state index contributed by atoms with van der Waals surface area (Å²) in [5, 5.41) is 0.991. The maximum absolute atomic E-state index is 13.7. The Morgan fingerprint density at radius 3 is 2.27 bits per heavy atom. The molecule has 0 amide bonds. The predicted molar refractivity (Wildman–Crippen MR) is 179 cm³/mol. The number of benzene rings is 3. The monoisotopic (exact) mass is 718 g/mol. The zero-order valence-electron chi connectivity index (χ0n) is 27.5. The maximum Gasteiger partial charge on any atom is 0.446 e. The highest BCUT2D eigenvalue weighted by Crippen LogP contribution is 2.61. The Morgan fingerprint density at radius 1 is 0.959 bits per heavy atom. The molecule has 264 valence electrons. The van der Waals surface area contributed by atoms with Crippen LogP contribution < -0.4 is 9.47 Å². The molecule has 0 aliphatic heterocycles. The molecule has 0 radical (unpaired) electrons. The van der Waals surface area contributed by atoms with Crippen LogP contribution in [0.2, 0.25) is 0 Å². The van der Waals surface area contributed by atoms with Crippen molar-refractivity contribution in [2.24, 2.45) is 29.1 Å². The Hall–Kier alpha value is -2.96. The third kappa shape index (κ3) is 6.89. The minimum absolute atomic E-state index is 0.0621. The predicted octanol–water partition coefficient (Wildman–Crippen LogP) is 9.48. The van der Waals surface area contributed by atoms with Gasteiger partial charge in [0.2, 0.25) is 0 Å². The lowest BCUT2D eigenvalue weighted by Crippen LogP contribution is -2.56. The number of halogens is 3.